The standard InChI is InChI=1S/C12H16N2O4/c1-12(17-8-9-18-12)6-7-13-10-4-2-3-5-11(10)14(15)16/h2-5,13H,6-9H2,1H3. The molecule has 1 heterocycles. The molecule has 1 aliphatic rings. The lowest BCUT2D eigenvalue weighted by Gasteiger charge is -2.22. The maximum absolute atomic E-state index is 10.8. The summed E-state index contributed by atoms with van der Waals surface area (Å²) in [4.78, 5) is 10.4. The Balaban J connectivity index is 1.92. The van der Waals surface area contributed by atoms with Gasteiger partial charge in [-0.15, -0.1) is 0 Å². The first-order valence-electron chi connectivity index (χ1n) is 5.86. The van der Waals surface area contributed by atoms with Crippen LogP contribution in [0.1, 0.15) is 13.3 Å². The maximum Gasteiger partial charge on any atom is 0.292 e. The molecule has 0 atom stereocenters. The first kappa shape index (κ1) is 12.8. The van der Waals surface area contributed by atoms with E-state index >= 15 is 0 Å². The summed E-state index contributed by atoms with van der Waals surface area (Å²) in [7, 11) is 0. The number of benzene rings is 1. The molecule has 0 unspecified atom stereocenters. The molecule has 2 rings (SSSR count). The molecule has 0 aliphatic carbocycles. The highest BCUT2D eigenvalue weighted by atomic mass is 16.7. The average molecular weight is 252 g/mol. The second kappa shape index (κ2) is 5.32. The fourth-order valence-corrected chi connectivity index (χ4v) is 1.91. The number of nitrogens with one attached hydrogen (secondary N) is 1. The van der Waals surface area contributed by atoms with Gasteiger partial charge in [0, 0.05) is 19.0 Å². The van der Waals surface area contributed by atoms with E-state index < -0.39 is 10.7 Å². The predicted molar refractivity (Wildman–Crippen MR) is 66.5 cm³/mol. The Hall–Kier alpha value is -1.66. The summed E-state index contributed by atoms with van der Waals surface area (Å²) in [5, 5.41) is 13.9. The lowest BCUT2D eigenvalue weighted by Crippen LogP contribution is -2.28. The molecule has 0 amide bonds. The molecule has 18 heavy (non-hydrogen) atoms. The van der Waals surface area contributed by atoms with Gasteiger partial charge in [-0.25, -0.2) is 0 Å². The minimum Gasteiger partial charge on any atom is -0.379 e. The summed E-state index contributed by atoms with van der Waals surface area (Å²) in [6, 6.07) is 6.58. The van der Waals surface area contributed by atoms with Crippen LogP contribution in [0.25, 0.3) is 0 Å². The van der Waals surface area contributed by atoms with Gasteiger partial charge in [-0.2, -0.15) is 0 Å². The average Bonchev–Trinajstić information content (AvgIpc) is 2.77. The minimum absolute atomic E-state index is 0.0795. The molecule has 0 saturated carbocycles. The summed E-state index contributed by atoms with van der Waals surface area (Å²) in [6.07, 6.45) is 0.638. The summed E-state index contributed by atoms with van der Waals surface area (Å²) >= 11 is 0. The fourth-order valence-electron chi connectivity index (χ4n) is 1.91. The van der Waals surface area contributed by atoms with Gasteiger partial charge >= 0.3 is 0 Å². The molecule has 0 radical (unpaired) electrons. The van der Waals surface area contributed by atoms with E-state index in [2.05, 4.69) is 5.32 Å². The number of nitro groups is 1. The summed E-state index contributed by atoms with van der Waals surface area (Å²) in [5.74, 6) is -0.573. The smallest absolute Gasteiger partial charge is 0.292 e. The zero-order chi connectivity index (χ0) is 13.0. The van der Waals surface area contributed by atoms with Crippen LogP contribution in [-0.4, -0.2) is 30.5 Å². The molecule has 6 nitrogen and oxygen atoms in total. The van der Waals surface area contributed by atoms with Gasteiger partial charge in [0.05, 0.1) is 18.1 Å². The monoisotopic (exact) mass is 252 g/mol. The molecule has 0 bridgehead atoms. The zero-order valence-corrected chi connectivity index (χ0v) is 10.2. The number of hydrogen-bond acceptors (Lipinski definition) is 5. The summed E-state index contributed by atoms with van der Waals surface area (Å²) in [6.45, 7) is 3.63. The van der Waals surface area contributed by atoms with Crippen LogP contribution in [0.4, 0.5) is 11.4 Å². The normalized spacial score (nSPS) is 17.6. The highest BCUT2D eigenvalue weighted by molar-refractivity contribution is 5.60. The molecule has 6 heteroatoms. The Morgan fingerprint density at radius 3 is 2.72 bits per heavy atom. The number of anilines is 1. The number of rotatable bonds is 5. The molecule has 1 fully saturated rings. The Bertz CT molecular complexity index is 430. The third kappa shape index (κ3) is 2.96. The quantitative estimate of drug-likeness (QED) is 0.642. The lowest BCUT2D eigenvalue weighted by atomic mass is 10.2. The summed E-state index contributed by atoms with van der Waals surface area (Å²) < 4.78 is 10.9. The fraction of sp³-hybridized carbons (Fsp3) is 0.500. The number of para-hydroxylation sites is 2. The Morgan fingerprint density at radius 1 is 1.39 bits per heavy atom. The van der Waals surface area contributed by atoms with E-state index in [0.29, 0.717) is 31.9 Å². The van der Waals surface area contributed by atoms with Gasteiger partial charge in [-0.05, 0) is 13.0 Å². The van der Waals surface area contributed by atoms with Gasteiger partial charge in [0.15, 0.2) is 5.79 Å². The highest BCUT2D eigenvalue weighted by Crippen LogP contribution is 2.25. The molecule has 98 valence electrons. The van der Waals surface area contributed by atoms with Crippen molar-refractivity contribution in [3.05, 3.63) is 34.4 Å². The van der Waals surface area contributed by atoms with Crippen molar-refractivity contribution in [3.63, 3.8) is 0 Å². The van der Waals surface area contributed by atoms with Crippen LogP contribution in [0.5, 0.6) is 0 Å². The molecule has 1 aromatic rings. The van der Waals surface area contributed by atoms with Crippen LogP contribution in [-0.2, 0) is 9.47 Å². The second-order valence-electron chi connectivity index (χ2n) is 4.28. The molecule has 0 aromatic heterocycles. The van der Waals surface area contributed by atoms with Crippen LogP contribution in [0.2, 0.25) is 0 Å². The van der Waals surface area contributed by atoms with Crippen molar-refractivity contribution in [2.24, 2.45) is 0 Å². The van der Waals surface area contributed by atoms with E-state index in [0.717, 1.165) is 0 Å². The van der Waals surface area contributed by atoms with Crippen LogP contribution in [0.3, 0.4) is 0 Å². The third-order valence-corrected chi connectivity index (χ3v) is 2.89. The predicted octanol–water partition coefficient (Wildman–Crippen LogP) is 2.16. The van der Waals surface area contributed by atoms with Gasteiger partial charge in [0.25, 0.3) is 5.69 Å². The van der Waals surface area contributed by atoms with E-state index in [4.69, 9.17) is 9.47 Å². The minimum atomic E-state index is -0.573. The topological polar surface area (TPSA) is 73.6 Å². The molecule has 1 saturated heterocycles. The molecule has 0 spiro atoms. The molecule has 1 aliphatic heterocycles. The van der Waals surface area contributed by atoms with Gasteiger partial charge in [-0.3, -0.25) is 10.1 Å². The lowest BCUT2D eigenvalue weighted by molar-refractivity contribution is -0.384. The first-order valence-corrected chi connectivity index (χ1v) is 5.86. The van der Waals surface area contributed by atoms with Crippen molar-refractivity contribution >= 4 is 11.4 Å². The largest absolute Gasteiger partial charge is 0.379 e. The Kier molecular flexibility index (Phi) is 3.78. The highest BCUT2D eigenvalue weighted by Gasteiger charge is 2.30. The van der Waals surface area contributed by atoms with Gasteiger partial charge in [0.2, 0.25) is 0 Å². The zero-order valence-electron chi connectivity index (χ0n) is 10.2. The second-order valence-corrected chi connectivity index (χ2v) is 4.28. The Labute approximate surface area is 105 Å². The Morgan fingerprint density at radius 2 is 2.06 bits per heavy atom. The van der Waals surface area contributed by atoms with Crippen molar-refractivity contribution in [1.29, 1.82) is 0 Å². The number of nitrogens with zero attached hydrogens (tertiary/aromatic N) is 1. The van der Waals surface area contributed by atoms with Crippen LogP contribution >= 0.6 is 0 Å². The molecule has 1 N–H and O–H groups in total. The third-order valence-electron chi connectivity index (χ3n) is 2.89. The van der Waals surface area contributed by atoms with Crippen molar-refractivity contribution < 1.29 is 14.4 Å². The van der Waals surface area contributed by atoms with Crippen LogP contribution in [0, 0.1) is 10.1 Å². The van der Waals surface area contributed by atoms with E-state index in [-0.39, 0.29) is 5.69 Å². The van der Waals surface area contributed by atoms with Crippen molar-refractivity contribution in [3.8, 4) is 0 Å². The SMILES string of the molecule is CC1(CCNc2ccccc2[N+](=O)[O-])OCCO1. The number of ether oxygens (including phenoxy) is 2. The number of nitro benzene ring substituents is 1. The van der Waals surface area contributed by atoms with Gasteiger partial charge in [0.1, 0.15) is 5.69 Å². The van der Waals surface area contributed by atoms with Gasteiger partial charge < -0.3 is 14.8 Å². The van der Waals surface area contributed by atoms with Crippen molar-refractivity contribution in [1.82, 2.24) is 0 Å². The maximum atomic E-state index is 10.8. The van der Waals surface area contributed by atoms with Crippen LogP contribution < -0.4 is 5.32 Å². The molecule has 1 aromatic carbocycles. The van der Waals surface area contributed by atoms with Gasteiger partial charge in [-0.1, -0.05) is 12.1 Å². The molecular weight excluding hydrogens is 236 g/mol. The van der Waals surface area contributed by atoms with E-state index in [9.17, 15) is 10.1 Å². The summed E-state index contributed by atoms with van der Waals surface area (Å²) in [5.41, 5.74) is 0.597. The number of hydrogen-bond donors (Lipinski definition) is 1. The van der Waals surface area contributed by atoms with E-state index in [1.54, 1.807) is 18.2 Å². The van der Waals surface area contributed by atoms with Crippen LogP contribution in [0.15, 0.2) is 24.3 Å². The van der Waals surface area contributed by atoms with E-state index in [1.165, 1.54) is 6.07 Å². The van der Waals surface area contributed by atoms with Crippen molar-refractivity contribution in [2.45, 2.75) is 19.1 Å². The first-order chi connectivity index (χ1) is 8.61. The molecular formula is C12H16N2O4. The van der Waals surface area contributed by atoms with E-state index in [1.807, 2.05) is 6.92 Å². The van der Waals surface area contributed by atoms with Crippen molar-refractivity contribution in [2.75, 3.05) is 25.1 Å².